The lowest BCUT2D eigenvalue weighted by atomic mass is 10.3. The number of aromatic nitrogens is 2. The zero-order valence-corrected chi connectivity index (χ0v) is 11.3. The Bertz CT molecular complexity index is 520. The molecule has 1 aromatic heterocycles. The van der Waals surface area contributed by atoms with Gasteiger partial charge in [0.1, 0.15) is 6.61 Å². The molecule has 0 unspecified atom stereocenters. The van der Waals surface area contributed by atoms with Gasteiger partial charge in [-0.15, -0.1) is 10.2 Å². The highest BCUT2D eigenvalue weighted by atomic mass is 79.9. The lowest BCUT2D eigenvalue weighted by molar-refractivity contribution is 0.288. The fourth-order valence-corrected chi connectivity index (χ4v) is 2.09. The highest BCUT2D eigenvalue weighted by Crippen LogP contribution is 2.24. The molecule has 2 rings (SSSR count). The lowest BCUT2D eigenvalue weighted by Crippen LogP contribution is -1.97. The van der Waals surface area contributed by atoms with Gasteiger partial charge in [0.25, 0.3) is 0 Å². The summed E-state index contributed by atoms with van der Waals surface area (Å²) in [6.07, 6.45) is 0. The van der Waals surface area contributed by atoms with E-state index in [2.05, 4.69) is 31.4 Å². The van der Waals surface area contributed by atoms with E-state index in [9.17, 15) is 4.39 Å². The van der Waals surface area contributed by atoms with Gasteiger partial charge in [0.05, 0.1) is 0 Å². The van der Waals surface area contributed by atoms with Gasteiger partial charge in [-0.2, -0.15) is 0 Å². The number of anilines is 1. The van der Waals surface area contributed by atoms with E-state index in [1.54, 1.807) is 19.2 Å². The predicted octanol–water partition coefficient (Wildman–Crippen LogP) is 3.06. The molecular weight excluding hydrogens is 309 g/mol. The maximum Gasteiger partial charge on any atom is 0.205 e. The van der Waals surface area contributed by atoms with Crippen LogP contribution in [0.5, 0.6) is 5.75 Å². The van der Waals surface area contributed by atoms with Crippen LogP contribution in [0.2, 0.25) is 0 Å². The molecule has 0 aliphatic heterocycles. The van der Waals surface area contributed by atoms with Crippen LogP contribution >= 0.6 is 27.3 Å². The van der Waals surface area contributed by atoms with Gasteiger partial charge in [-0.1, -0.05) is 27.3 Å². The molecule has 1 aromatic carbocycles. The summed E-state index contributed by atoms with van der Waals surface area (Å²) in [6, 6.07) is 4.54. The Labute approximate surface area is 110 Å². The van der Waals surface area contributed by atoms with E-state index < -0.39 is 5.82 Å². The lowest BCUT2D eigenvalue weighted by Gasteiger charge is -2.05. The first-order chi connectivity index (χ1) is 8.19. The predicted molar refractivity (Wildman–Crippen MR) is 67.9 cm³/mol. The summed E-state index contributed by atoms with van der Waals surface area (Å²) >= 11 is 4.63. The Morgan fingerprint density at radius 3 is 3.00 bits per heavy atom. The monoisotopic (exact) mass is 317 g/mol. The second-order valence-corrected chi connectivity index (χ2v) is 5.09. The first-order valence-corrected chi connectivity index (χ1v) is 6.38. The number of hydrogen-bond acceptors (Lipinski definition) is 5. The average Bonchev–Trinajstić information content (AvgIpc) is 2.78. The van der Waals surface area contributed by atoms with Crippen LogP contribution in [-0.2, 0) is 6.61 Å². The number of ether oxygens (including phenoxy) is 1. The van der Waals surface area contributed by atoms with Crippen molar-refractivity contribution in [2.45, 2.75) is 6.61 Å². The quantitative estimate of drug-likeness (QED) is 0.941. The van der Waals surface area contributed by atoms with Crippen molar-refractivity contribution in [2.24, 2.45) is 0 Å². The van der Waals surface area contributed by atoms with E-state index in [0.717, 1.165) is 4.47 Å². The number of benzene rings is 1. The molecule has 0 radical (unpaired) electrons. The minimum atomic E-state index is -0.397. The molecule has 1 N–H and O–H groups in total. The van der Waals surface area contributed by atoms with Crippen LogP contribution in [0, 0.1) is 5.82 Å². The van der Waals surface area contributed by atoms with Gasteiger partial charge in [0.15, 0.2) is 16.6 Å². The van der Waals surface area contributed by atoms with Crippen LogP contribution in [0.4, 0.5) is 9.52 Å². The molecule has 0 atom stereocenters. The van der Waals surface area contributed by atoms with Gasteiger partial charge < -0.3 is 10.1 Å². The third-order valence-electron chi connectivity index (χ3n) is 1.93. The molecule has 0 spiro atoms. The molecule has 0 amide bonds. The highest BCUT2D eigenvalue weighted by molar-refractivity contribution is 9.10. The Kier molecular flexibility index (Phi) is 3.90. The second-order valence-electron chi connectivity index (χ2n) is 3.11. The van der Waals surface area contributed by atoms with Crippen molar-refractivity contribution in [3.63, 3.8) is 0 Å². The van der Waals surface area contributed by atoms with Gasteiger partial charge in [-0.25, -0.2) is 4.39 Å². The zero-order valence-electron chi connectivity index (χ0n) is 8.91. The van der Waals surface area contributed by atoms with E-state index in [-0.39, 0.29) is 12.4 Å². The summed E-state index contributed by atoms with van der Waals surface area (Å²) in [7, 11) is 1.76. The molecule has 2 aromatic rings. The summed E-state index contributed by atoms with van der Waals surface area (Å²) < 4.78 is 19.5. The van der Waals surface area contributed by atoms with Crippen molar-refractivity contribution in [1.82, 2.24) is 10.2 Å². The summed E-state index contributed by atoms with van der Waals surface area (Å²) in [5.74, 6) is -0.202. The summed E-state index contributed by atoms with van der Waals surface area (Å²) in [6.45, 7) is 0.201. The molecule has 0 aliphatic carbocycles. The largest absolute Gasteiger partial charge is 0.483 e. The van der Waals surface area contributed by atoms with Crippen LogP contribution in [-0.4, -0.2) is 17.2 Å². The van der Waals surface area contributed by atoms with Crippen molar-refractivity contribution < 1.29 is 9.13 Å². The van der Waals surface area contributed by atoms with Crippen molar-refractivity contribution >= 4 is 32.4 Å². The molecule has 1 heterocycles. The molecule has 0 saturated carbocycles. The minimum Gasteiger partial charge on any atom is -0.483 e. The number of halogens is 2. The van der Waals surface area contributed by atoms with E-state index in [1.807, 2.05) is 0 Å². The zero-order chi connectivity index (χ0) is 12.3. The molecule has 0 aliphatic rings. The van der Waals surface area contributed by atoms with Crippen molar-refractivity contribution in [2.75, 3.05) is 12.4 Å². The fourth-order valence-electron chi connectivity index (χ4n) is 1.14. The molecule has 0 bridgehead atoms. The van der Waals surface area contributed by atoms with Crippen molar-refractivity contribution in [1.29, 1.82) is 0 Å². The number of nitrogens with one attached hydrogen (secondary N) is 1. The molecule has 90 valence electrons. The number of hydrogen-bond donors (Lipinski definition) is 1. The SMILES string of the molecule is CNc1nnc(COc2cc(Br)ccc2F)s1. The molecule has 7 heteroatoms. The van der Waals surface area contributed by atoms with Crippen LogP contribution in [0.15, 0.2) is 22.7 Å². The topological polar surface area (TPSA) is 47.0 Å². The van der Waals surface area contributed by atoms with Gasteiger partial charge in [-0.3, -0.25) is 0 Å². The Hall–Kier alpha value is -1.21. The van der Waals surface area contributed by atoms with Crippen LogP contribution in [0.25, 0.3) is 0 Å². The smallest absolute Gasteiger partial charge is 0.205 e. The van der Waals surface area contributed by atoms with Crippen LogP contribution < -0.4 is 10.1 Å². The first-order valence-electron chi connectivity index (χ1n) is 4.77. The summed E-state index contributed by atoms with van der Waals surface area (Å²) in [5.41, 5.74) is 0. The summed E-state index contributed by atoms with van der Waals surface area (Å²) in [4.78, 5) is 0. The van der Waals surface area contributed by atoms with Crippen molar-refractivity contribution in [3.05, 3.63) is 33.5 Å². The molecule has 17 heavy (non-hydrogen) atoms. The van der Waals surface area contributed by atoms with E-state index in [0.29, 0.717) is 10.1 Å². The highest BCUT2D eigenvalue weighted by Gasteiger charge is 2.07. The van der Waals surface area contributed by atoms with Gasteiger partial charge >= 0.3 is 0 Å². The average molecular weight is 318 g/mol. The number of rotatable bonds is 4. The third kappa shape index (κ3) is 3.13. The number of nitrogens with zero attached hydrogens (tertiary/aromatic N) is 2. The van der Waals surface area contributed by atoms with Crippen LogP contribution in [0.1, 0.15) is 5.01 Å². The van der Waals surface area contributed by atoms with E-state index in [4.69, 9.17) is 4.74 Å². The first kappa shape index (κ1) is 12.3. The molecule has 4 nitrogen and oxygen atoms in total. The normalized spacial score (nSPS) is 10.3. The second kappa shape index (κ2) is 5.42. The molecular formula is C10H9BrFN3OS. The van der Waals surface area contributed by atoms with Crippen LogP contribution in [0.3, 0.4) is 0 Å². The Morgan fingerprint density at radius 1 is 1.47 bits per heavy atom. The summed E-state index contributed by atoms with van der Waals surface area (Å²) in [5, 5.41) is 12.0. The standard InChI is InChI=1S/C10H9BrFN3OS/c1-13-10-15-14-9(17-10)5-16-8-4-6(11)2-3-7(8)12/h2-4H,5H2,1H3,(H,13,15). The van der Waals surface area contributed by atoms with Gasteiger partial charge in [0, 0.05) is 11.5 Å². The maximum absolute atomic E-state index is 13.4. The minimum absolute atomic E-state index is 0.195. The van der Waals surface area contributed by atoms with Gasteiger partial charge in [-0.05, 0) is 18.2 Å². The Balaban J connectivity index is 2.04. The fraction of sp³-hybridized carbons (Fsp3) is 0.200. The van der Waals surface area contributed by atoms with Crippen molar-refractivity contribution in [3.8, 4) is 5.75 Å². The van der Waals surface area contributed by atoms with Gasteiger partial charge in [0.2, 0.25) is 5.13 Å². The van der Waals surface area contributed by atoms with E-state index >= 15 is 0 Å². The molecule has 0 saturated heterocycles. The molecule has 0 fully saturated rings. The van der Waals surface area contributed by atoms with E-state index in [1.165, 1.54) is 17.4 Å². The maximum atomic E-state index is 13.4. The third-order valence-corrected chi connectivity index (χ3v) is 3.33. The Morgan fingerprint density at radius 2 is 2.29 bits per heavy atom.